The SMILES string of the molecule is Cc1ccc(C2CC(NCCN3CCCCC3)C2)cc1. The van der Waals surface area contributed by atoms with Crippen LogP contribution in [0.25, 0.3) is 0 Å². The predicted octanol–water partition coefficient (Wildman–Crippen LogP) is 3.32. The van der Waals surface area contributed by atoms with Crippen molar-refractivity contribution < 1.29 is 0 Å². The largest absolute Gasteiger partial charge is 0.313 e. The van der Waals surface area contributed by atoms with Crippen molar-refractivity contribution in [3.8, 4) is 0 Å². The van der Waals surface area contributed by atoms with Gasteiger partial charge < -0.3 is 10.2 Å². The van der Waals surface area contributed by atoms with Gasteiger partial charge in [-0.15, -0.1) is 0 Å². The summed E-state index contributed by atoms with van der Waals surface area (Å²) in [6.45, 7) is 7.21. The van der Waals surface area contributed by atoms with Gasteiger partial charge in [-0.2, -0.15) is 0 Å². The summed E-state index contributed by atoms with van der Waals surface area (Å²) in [6.07, 6.45) is 6.88. The van der Waals surface area contributed by atoms with Gasteiger partial charge in [-0.25, -0.2) is 0 Å². The second kappa shape index (κ2) is 6.73. The topological polar surface area (TPSA) is 15.3 Å². The summed E-state index contributed by atoms with van der Waals surface area (Å²) in [5.74, 6) is 0.795. The van der Waals surface area contributed by atoms with E-state index in [4.69, 9.17) is 0 Å². The normalized spacial score (nSPS) is 27.2. The number of nitrogens with one attached hydrogen (secondary N) is 1. The first-order chi connectivity index (χ1) is 9.81. The molecule has 1 aromatic carbocycles. The summed E-state index contributed by atoms with van der Waals surface area (Å²) in [7, 11) is 0. The Kier molecular flexibility index (Phi) is 4.74. The number of rotatable bonds is 5. The Morgan fingerprint density at radius 3 is 2.45 bits per heavy atom. The van der Waals surface area contributed by atoms with E-state index in [1.54, 1.807) is 0 Å². The smallest absolute Gasteiger partial charge is 0.0107 e. The lowest BCUT2D eigenvalue weighted by atomic mass is 9.76. The summed E-state index contributed by atoms with van der Waals surface area (Å²) < 4.78 is 0. The maximum absolute atomic E-state index is 3.74. The zero-order valence-electron chi connectivity index (χ0n) is 12.8. The Hall–Kier alpha value is -0.860. The van der Waals surface area contributed by atoms with E-state index in [1.807, 2.05) is 0 Å². The van der Waals surface area contributed by atoms with Gasteiger partial charge in [-0.1, -0.05) is 36.2 Å². The first-order valence-electron chi connectivity index (χ1n) is 8.33. The minimum atomic E-state index is 0.756. The molecule has 0 unspecified atom stereocenters. The Bertz CT molecular complexity index is 400. The molecule has 0 spiro atoms. The number of hydrogen-bond acceptors (Lipinski definition) is 2. The number of hydrogen-bond donors (Lipinski definition) is 1. The van der Waals surface area contributed by atoms with E-state index in [2.05, 4.69) is 41.4 Å². The van der Waals surface area contributed by atoms with E-state index in [-0.39, 0.29) is 0 Å². The number of piperidine rings is 1. The molecule has 1 saturated heterocycles. The molecule has 2 aliphatic rings. The van der Waals surface area contributed by atoms with Crippen LogP contribution in [0.4, 0.5) is 0 Å². The maximum atomic E-state index is 3.74. The fourth-order valence-corrected chi connectivity index (χ4v) is 3.51. The Morgan fingerprint density at radius 2 is 1.75 bits per heavy atom. The number of nitrogens with zero attached hydrogens (tertiary/aromatic N) is 1. The van der Waals surface area contributed by atoms with Crippen LogP contribution in [0, 0.1) is 6.92 Å². The molecule has 1 N–H and O–H groups in total. The molecule has 0 atom stereocenters. The van der Waals surface area contributed by atoms with Crippen LogP contribution in [0.1, 0.15) is 49.1 Å². The van der Waals surface area contributed by atoms with Gasteiger partial charge in [-0.3, -0.25) is 0 Å². The summed E-state index contributed by atoms with van der Waals surface area (Å²) in [6, 6.07) is 9.86. The average molecular weight is 272 g/mol. The van der Waals surface area contributed by atoms with Crippen molar-refractivity contribution in [2.45, 2.75) is 51.0 Å². The van der Waals surface area contributed by atoms with E-state index in [1.165, 1.54) is 69.4 Å². The van der Waals surface area contributed by atoms with Gasteiger partial charge in [0.05, 0.1) is 0 Å². The third-order valence-corrected chi connectivity index (χ3v) is 5.00. The molecule has 1 saturated carbocycles. The second-order valence-electron chi connectivity index (χ2n) is 6.63. The summed E-state index contributed by atoms with van der Waals surface area (Å²) in [5.41, 5.74) is 2.90. The zero-order chi connectivity index (χ0) is 13.8. The van der Waals surface area contributed by atoms with Crippen molar-refractivity contribution >= 4 is 0 Å². The fraction of sp³-hybridized carbons (Fsp3) is 0.667. The average Bonchev–Trinajstić information content (AvgIpc) is 2.44. The summed E-state index contributed by atoms with van der Waals surface area (Å²) in [4.78, 5) is 2.62. The molecule has 2 nitrogen and oxygen atoms in total. The lowest BCUT2D eigenvalue weighted by Crippen LogP contribution is -2.44. The molecule has 20 heavy (non-hydrogen) atoms. The molecule has 0 amide bonds. The molecular formula is C18H28N2. The summed E-state index contributed by atoms with van der Waals surface area (Å²) >= 11 is 0. The maximum Gasteiger partial charge on any atom is 0.0107 e. The van der Waals surface area contributed by atoms with Gasteiger partial charge in [0.15, 0.2) is 0 Å². The molecule has 1 aliphatic carbocycles. The third-order valence-electron chi connectivity index (χ3n) is 5.00. The highest BCUT2D eigenvalue weighted by atomic mass is 15.1. The molecule has 0 aromatic heterocycles. The van der Waals surface area contributed by atoms with Crippen LogP contribution < -0.4 is 5.32 Å². The Morgan fingerprint density at radius 1 is 1.05 bits per heavy atom. The van der Waals surface area contributed by atoms with E-state index in [9.17, 15) is 0 Å². The van der Waals surface area contributed by atoms with Gasteiger partial charge in [0.25, 0.3) is 0 Å². The number of benzene rings is 1. The van der Waals surface area contributed by atoms with Crippen molar-refractivity contribution in [3.05, 3.63) is 35.4 Å². The highest BCUT2D eigenvalue weighted by molar-refractivity contribution is 5.26. The van der Waals surface area contributed by atoms with Crippen LogP contribution in [0.15, 0.2) is 24.3 Å². The van der Waals surface area contributed by atoms with Crippen LogP contribution >= 0.6 is 0 Å². The minimum absolute atomic E-state index is 0.756. The second-order valence-corrected chi connectivity index (χ2v) is 6.63. The molecule has 1 aliphatic heterocycles. The minimum Gasteiger partial charge on any atom is -0.313 e. The standard InChI is InChI=1S/C18H28N2/c1-15-5-7-16(8-6-15)17-13-18(14-17)19-9-12-20-10-3-2-4-11-20/h5-8,17-19H,2-4,9-14H2,1H3. The van der Waals surface area contributed by atoms with Gasteiger partial charge in [0.2, 0.25) is 0 Å². The molecular weight excluding hydrogens is 244 g/mol. The van der Waals surface area contributed by atoms with E-state index >= 15 is 0 Å². The molecule has 3 rings (SSSR count). The first-order valence-corrected chi connectivity index (χ1v) is 8.33. The molecule has 2 heteroatoms. The lowest BCUT2D eigenvalue weighted by Gasteiger charge is -2.37. The van der Waals surface area contributed by atoms with Crippen molar-refractivity contribution in [1.29, 1.82) is 0 Å². The van der Waals surface area contributed by atoms with E-state index < -0.39 is 0 Å². The highest BCUT2D eigenvalue weighted by Crippen LogP contribution is 2.36. The molecule has 2 fully saturated rings. The van der Waals surface area contributed by atoms with Gasteiger partial charge >= 0.3 is 0 Å². The summed E-state index contributed by atoms with van der Waals surface area (Å²) in [5, 5.41) is 3.74. The quantitative estimate of drug-likeness (QED) is 0.884. The van der Waals surface area contributed by atoms with Crippen LogP contribution in [0.3, 0.4) is 0 Å². The highest BCUT2D eigenvalue weighted by Gasteiger charge is 2.29. The fourth-order valence-electron chi connectivity index (χ4n) is 3.51. The van der Waals surface area contributed by atoms with Gasteiger partial charge in [-0.05, 0) is 57.2 Å². The van der Waals surface area contributed by atoms with E-state index in [0.29, 0.717) is 0 Å². The number of likely N-dealkylation sites (tertiary alicyclic amines) is 1. The van der Waals surface area contributed by atoms with Crippen molar-refractivity contribution in [3.63, 3.8) is 0 Å². The molecule has 0 radical (unpaired) electrons. The van der Waals surface area contributed by atoms with Crippen LogP contribution in [0.5, 0.6) is 0 Å². The van der Waals surface area contributed by atoms with Crippen LogP contribution in [-0.2, 0) is 0 Å². The van der Waals surface area contributed by atoms with Crippen molar-refractivity contribution in [1.82, 2.24) is 10.2 Å². The van der Waals surface area contributed by atoms with Crippen LogP contribution in [-0.4, -0.2) is 37.1 Å². The molecule has 1 aromatic rings. The monoisotopic (exact) mass is 272 g/mol. The zero-order valence-corrected chi connectivity index (χ0v) is 12.8. The number of aryl methyl sites for hydroxylation is 1. The lowest BCUT2D eigenvalue weighted by molar-refractivity contribution is 0.214. The third kappa shape index (κ3) is 3.62. The van der Waals surface area contributed by atoms with E-state index in [0.717, 1.165) is 12.0 Å². The van der Waals surface area contributed by atoms with Gasteiger partial charge in [0, 0.05) is 19.1 Å². The molecule has 110 valence electrons. The Balaban J connectivity index is 1.33. The Labute approximate surface area is 123 Å². The van der Waals surface area contributed by atoms with Crippen molar-refractivity contribution in [2.24, 2.45) is 0 Å². The van der Waals surface area contributed by atoms with Gasteiger partial charge in [0.1, 0.15) is 0 Å². The molecule has 0 bridgehead atoms. The van der Waals surface area contributed by atoms with Crippen LogP contribution in [0.2, 0.25) is 0 Å². The first kappa shape index (κ1) is 14.1. The molecule has 1 heterocycles. The van der Waals surface area contributed by atoms with Crippen molar-refractivity contribution in [2.75, 3.05) is 26.2 Å². The predicted molar refractivity (Wildman–Crippen MR) is 85.2 cm³/mol.